The molecule has 0 aliphatic carbocycles. The van der Waals surface area contributed by atoms with E-state index >= 15 is 0 Å². The number of nitrogens with one attached hydrogen (secondary N) is 2. The van der Waals surface area contributed by atoms with E-state index in [1.54, 1.807) is 6.33 Å². The van der Waals surface area contributed by atoms with E-state index in [0.29, 0.717) is 17.7 Å². The third-order valence-corrected chi connectivity index (χ3v) is 12.4. The molecule has 0 bridgehead atoms. The lowest BCUT2D eigenvalue weighted by Gasteiger charge is -2.37. The van der Waals surface area contributed by atoms with Gasteiger partial charge in [-0.2, -0.15) is 0 Å². The molecule has 4 atom stereocenters. The van der Waals surface area contributed by atoms with Gasteiger partial charge in [-0.1, -0.05) is 190 Å². The molecular weight excluding hydrogens is 809 g/mol. The highest BCUT2D eigenvalue weighted by molar-refractivity contribution is 6.09. The van der Waals surface area contributed by atoms with Gasteiger partial charge in [0.25, 0.3) is 0 Å². The van der Waals surface area contributed by atoms with Gasteiger partial charge in [-0.15, -0.1) is 0 Å². The second-order valence-electron chi connectivity index (χ2n) is 17.2. The summed E-state index contributed by atoms with van der Waals surface area (Å²) in [6, 6.07) is 56.4. The van der Waals surface area contributed by atoms with Crippen LogP contribution in [0.25, 0.3) is 21.5 Å². The number of carbonyl (C=O) groups excluding carboxylic acids is 2. The lowest BCUT2D eigenvalue weighted by Crippen LogP contribution is -2.54. The first-order valence-corrected chi connectivity index (χ1v) is 22.3. The minimum atomic E-state index is -1.82. The van der Waals surface area contributed by atoms with Crippen LogP contribution in [-0.2, 0) is 28.0 Å². The predicted molar refractivity (Wildman–Crippen MR) is 257 cm³/mol. The summed E-state index contributed by atoms with van der Waals surface area (Å²) in [5.74, 6) is -2.64. The largest absolute Gasteiger partial charge is 0.479 e. The van der Waals surface area contributed by atoms with Crippen molar-refractivity contribution in [3.8, 4) is 0 Å². The van der Waals surface area contributed by atoms with Crippen molar-refractivity contribution >= 4 is 39.2 Å². The van der Waals surface area contributed by atoms with Gasteiger partial charge in [0.1, 0.15) is 5.54 Å². The van der Waals surface area contributed by atoms with Gasteiger partial charge in [0, 0.05) is 30.6 Å². The van der Waals surface area contributed by atoms with Gasteiger partial charge in [-0.25, -0.2) is 9.78 Å². The highest BCUT2D eigenvalue weighted by Crippen LogP contribution is 2.41. The van der Waals surface area contributed by atoms with Gasteiger partial charge >= 0.3 is 5.97 Å². The molecule has 0 fully saturated rings. The van der Waals surface area contributed by atoms with Crippen LogP contribution < -0.4 is 10.6 Å². The van der Waals surface area contributed by atoms with Crippen molar-refractivity contribution in [2.24, 2.45) is 11.8 Å². The number of aliphatic hydroxyl groups excluding tert-OH is 1. The van der Waals surface area contributed by atoms with Crippen LogP contribution in [0.2, 0.25) is 0 Å². The number of ketones is 1. The average molecular weight is 863 g/mol. The number of hydrogen-bond donors (Lipinski definition) is 4. The van der Waals surface area contributed by atoms with Gasteiger partial charge in [-0.05, 0) is 62.6 Å². The Morgan fingerprint density at radius 2 is 1.17 bits per heavy atom. The van der Waals surface area contributed by atoms with Crippen molar-refractivity contribution in [3.05, 3.63) is 222 Å². The Bertz CT molecular complexity index is 2770. The third-order valence-electron chi connectivity index (χ3n) is 12.4. The first kappa shape index (κ1) is 44.4. The zero-order chi connectivity index (χ0) is 45.3. The molecule has 9 nitrogen and oxygen atoms in total. The summed E-state index contributed by atoms with van der Waals surface area (Å²) >= 11 is 0. The van der Waals surface area contributed by atoms with Crippen LogP contribution in [-0.4, -0.2) is 62.2 Å². The van der Waals surface area contributed by atoms with Crippen molar-refractivity contribution in [2.75, 3.05) is 6.54 Å². The summed E-state index contributed by atoms with van der Waals surface area (Å²) in [6.07, 6.45) is 2.64. The number of aromatic nitrogens is 2. The number of carboxylic acids is 1. The molecule has 1 heterocycles. The van der Waals surface area contributed by atoms with Crippen LogP contribution >= 0.6 is 0 Å². The number of aliphatic carboxylic acids is 1. The Kier molecular flexibility index (Phi) is 13.7. The summed E-state index contributed by atoms with van der Waals surface area (Å²) in [5.41, 5.74) is 4.38. The molecule has 0 aliphatic heterocycles. The van der Waals surface area contributed by atoms with Crippen molar-refractivity contribution in [1.29, 1.82) is 0 Å². The highest BCUT2D eigenvalue weighted by Gasteiger charge is 2.39. The van der Waals surface area contributed by atoms with Gasteiger partial charge in [0.2, 0.25) is 5.91 Å². The smallest absolute Gasteiger partial charge is 0.334 e. The molecule has 65 heavy (non-hydrogen) atoms. The average Bonchev–Trinajstić information content (AvgIpc) is 3.81. The summed E-state index contributed by atoms with van der Waals surface area (Å²) in [4.78, 5) is 46.7. The standard InChI is InChI=1S/C56H54N4O5/c1-38(2)32-50(53(62)55(64)65)59-54(63)51(34-46-36-60(37-58-46)56(43-23-6-3-7-24-43,44-25-8-4-9-26-44)45-27-10-5-11-28-45)57-35-42(33-41-22-16-20-39-18-12-14-29-47(39)41)52(61)49-31-17-21-40-19-13-15-30-48(40)49/h3-31,36-38,42,50-51,53,57,62H,32-35H2,1-2H3,(H,59,63)(H,64,65)/t42?,50?,51?,53-/m1/s1. The molecule has 7 aromatic carbocycles. The van der Waals surface area contributed by atoms with Crippen LogP contribution in [0.15, 0.2) is 188 Å². The van der Waals surface area contributed by atoms with E-state index in [9.17, 15) is 24.6 Å². The first-order valence-electron chi connectivity index (χ1n) is 22.3. The van der Waals surface area contributed by atoms with Crippen LogP contribution in [0.4, 0.5) is 0 Å². The molecule has 0 radical (unpaired) electrons. The Hall–Kier alpha value is -7.20. The van der Waals surface area contributed by atoms with E-state index in [1.807, 2.05) is 141 Å². The number of hydrogen-bond acceptors (Lipinski definition) is 6. The van der Waals surface area contributed by atoms with Gasteiger partial charge < -0.3 is 25.4 Å². The minimum absolute atomic E-state index is 0.0260. The molecule has 4 N–H and O–H groups in total. The number of Topliss-reactive ketones (excluding diaryl/α,β-unsaturated/α-hetero) is 1. The number of benzene rings is 7. The molecule has 8 aromatic rings. The first-order chi connectivity index (χ1) is 31.6. The summed E-state index contributed by atoms with van der Waals surface area (Å²) in [5, 5.41) is 31.0. The zero-order valence-electron chi connectivity index (χ0n) is 36.6. The van der Waals surface area contributed by atoms with Crippen LogP contribution in [0.5, 0.6) is 0 Å². The molecular formula is C56H54N4O5. The number of imidazole rings is 1. The number of rotatable bonds is 19. The van der Waals surface area contributed by atoms with Crippen molar-refractivity contribution in [1.82, 2.24) is 20.2 Å². The van der Waals surface area contributed by atoms with Crippen molar-refractivity contribution in [2.45, 2.75) is 56.8 Å². The van der Waals surface area contributed by atoms with Crippen molar-refractivity contribution < 1.29 is 24.6 Å². The number of fused-ring (bicyclic) bond motifs is 2. The Labute approximate surface area is 379 Å². The quantitative estimate of drug-likeness (QED) is 0.0471. The van der Waals surface area contributed by atoms with E-state index < -0.39 is 41.5 Å². The molecule has 9 heteroatoms. The van der Waals surface area contributed by atoms with E-state index in [-0.39, 0.29) is 31.1 Å². The Balaban J connectivity index is 1.19. The predicted octanol–water partition coefficient (Wildman–Crippen LogP) is 9.25. The molecule has 328 valence electrons. The summed E-state index contributed by atoms with van der Waals surface area (Å²) in [7, 11) is 0. The summed E-state index contributed by atoms with van der Waals surface area (Å²) < 4.78 is 2.08. The molecule has 0 saturated heterocycles. The van der Waals surface area contributed by atoms with Gasteiger partial charge in [0.15, 0.2) is 11.9 Å². The highest BCUT2D eigenvalue weighted by atomic mass is 16.4. The fourth-order valence-electron chi connectivity index (χ4n) is 9.27. The van der Waals surface area contributed by atoms with Crippen LogP contribution in [0, 0.1) is 11.8 Å². The van der Waals surface area contributed by atoms with E-state index in [0.717, 1.165) is 43.8 Å². The lowest BCUT2D eigenvalue weighted by molar-refractivity contribution is -0.149. The Morgan fingerprint density at radius 3 is 1.75 bits per heavy atom. The fraction of sp³-hybridized carbons (Fsp3) is 0.214. The maximum Gasteiger partial charge on any atom is 0.334 e. The maximum absolute atomic E-state index is 15.0. The molecule has 1 amide bonds. The second-order valence-corrected chi connectivity index (χ2v) is 17.2. The van der Waals surface area contributed by atoms with E-state index in [2.05, 4.69) is 69.8 Å². The third kappa shape index (κ3) is 9.67. The molecule has 8 rings (SSSR count). The topological polar surface area (TPSA) is 134 Å². The van der Waals surface area contributed by atoms with Crippen molar-refractivity contribution in [3.63, 3.8) is 0 Å². The number of amides is 1. The number of nitrogens with zero attached hydrogens (tertiary/aromatic N) is 2. The number of carboxylic acid groups (broad SMARTS) is 1. The SMILES string of the molecule is CC(C)CC(NC(=O)C(Cc1cn(C(c2ccccc2)(c2ccccc2)c2ccccc2)cn1)NCC(Cc1cccc2ccccc12)C(=O)c1cccc2ccccc12)[C@@H](O)C(=O)O. The Morgan fingerprint density at radius 1 is 0.646 bits per heavy atom. The lowest BCUT2D eigenvalue weighted by atomic mass is 9.77. The van der Waals surface area contributed by atoms with E-state index in [4.69, 9.17) is 4.98 Å². The minimum Gasteiger partial charge on any atom is -0.479 e. The normalized spacial score (nSPS) is 13.6. The van der Waals surface area contributed by atoms with Gasteiger partial charge in [0.05, 0.1) is 24.1 Å². The zero-order valence-corrected chi connectivity index (χ0v) is 36.6. The monoisotopic (exact) mass is 862 g/mol. The van der Waals surface area contributed by atoms with E-state index in [1.165, 1.54) is 0 Å². The summed E-state index contributed by atoms with van der Waals surface area (Å²) in [6.45, 7) is 3.93. The molecule has 0 aliphatic rings. The molecule has 0 saturated carbocycles. The molecule has 0 spiro atoms. The number of aliphatic hydroxyl groups is 1. The fourth-order valence-corrected chi connectivity index (χ4v) is 9.27. The van der Waals surface area contributed by atoms with Gasteiger partial charge in [-0.3, -0.25) is 9.59 Å². The van der Waals surface area contributed by atoms with Crippen LogP contribution in [0.3, 0.4) is 0 Å². The van der Waals surface area contributed by atoms with Crippen LogP contribution in [0.1, 0.15) is 58.6 Å². The maximum atomic E-state index is 15.0. The molecule has 1 aromatic heterocycles. The molecule has 3 unspecified atom stereocenters. The second kappa shape index (κ2) is 20.1. The number of carbonyl (C=O) groups is 3.